The number of nitrogens with zero attached hydrogens (tertiary/aromatic N) is 2. The zero-order valence-electron chi connectivity index (χ0n) is 10.5. The summed E-state index contributed by atoms with van der Waals surface area (Å²) in [5.41, 5.74) is 4.46. The number of aromatic nitrogens is 2. The number of methoxy groups -OCH3 is 1. The van der Waals surface area contributed by atoms with Crippen molar-refractivity contribution in [1.82, 2.24) is 9.55 Å². The van der Waals surface area contributed by atoms with Gasteiger partial charge < -0.3 is 15.2 Å². The van der Waals surface area contributed by atoms with Crippen LogP contribution in [0.4, 0.5) is 14.6 Å². The lowest BCUT2D eigenvalue weighted by Crippen LogP contribution is -2.37. The molecule has 1 aromatic rings. The van der Waals surface area contributed by atoms with Crippen LogP contribution in [0.2, 0.25) is 0 Å². The third-order valence-electron chi connectivity index (χ3n) is 3.23. The van der Waals surface area contributed by atoms with Crippen molar-refractivity contribution < 1.29 is 18.3 Å². The van der Waals surface area contributed by atoms with Crippen molar-refractivity contribution in [2.75, 3.05) is 19.5 Å². The Kier molecular flexibility index (Phi) is 3.55. The van der Waals surface area contributed by atoms with E-state index in [-0.39, 0.29) is 12.4 Å². The van der Waals surface area contributed by atoms with Gasteiger partial charge in [0.2, 0.25) is 6.23 Å². The fourth-order valence-corrected chi connectivity index (χ4v) is 2.05. The van der Waals surface area contributed by atoms with E-state index in [9.17, 15) is 13.6 Å². The molecule has 1 aliphatic rings. The smallest absolute Gasteiger partial charge is 0.351 e. The van der Waals surface area contributed by atoms with E-state index in [4.69, 9.17) is 15.2 Å². The highest BCUT2D eigenvalue weighted by Gasteiger charge is 2.57. The summed E-state index contributed by atoms with van der Waals surface area (Å²) in [6, 6.07) is 1.27. The Morgan fingerprint density at radius 3 is 2.89 bits per heavy atom. The Morgan fingerprint density at radius 2 is 2.32 bits per heavy atom. The minimum atomic E-state index is -3.19. The molecule has 19 heavy (non-hydrogen) atoms. The maximum absolute atomic E-state index is 14.1. The lowest BCUT2D eigenvalue weighted by molar-refractivity contribution is -0.127. The van der Waals surface area contributed by atoms with Gasteiger partial charge in [-0.15, -0.1) is 0 Å². The molecule has 2 rings (SSSR count). The highest BCUT2D eigenvalue weighted by Crippen LogP contribution is 2.46. The summed E-state index contributed by atoms with van der Waals surface area (Å²) in [6.07, 6.45) is -1.32. The summed E-state index contributed by atoms with van der Waals surface area (Å²) in [6.45, 7) is 1.39. The molecule has 2 N–H and O–H groups in total. The number of hydrogen-bond donors (Lipinski definition) is 1. The second kappa shape index (κ2) is 4.86. The molecule has 106 valence electrons. The second-order valence-corrected chi connectivity index (χ2v) is 4.49. The average molecular weight is 275 g/mol. The van der Waals surface area contributed by atoms with Gasteiger partial charge in [0.15, 0.2) is 0 Å². The average Bonchev–Trinajstić information content (AvgIpc) is 2.54. The first kappa shape index (κ1) is 13.9. The van der Waals surface area contributed by atoms with Crippen LogP contribution in [0, 0.1) is 5.92 Å². The number of hydrogen-bond acceptors (Lipinski definition) is 5. The molecule has 0 radical (unpaired) electrons. The summed E-state index contributed by atoms with van der Waals surface area (Å²) in [7, 11) is 1.40. The first-order valence-electron chi connectivity index (χ1n) is 5.74. The number of alkyl halides is 2. The Morgan fingerprint density at radius 1 is 1.63 bits per heavy atom. The number of nitrogen functional groups attached to an aromatic ring is 1. The van der Waals surface area contributed by atoms with Crippen LogP contribution in [0.1, 0.15) is 13.2 Å². The largest absolute Gasteiger partial charge is 0.383 e. The van der Waals surface area contributed by atoms with Gasteiger partial charge >= 0.3 is 5.69 Å². The van der Waals surface area contributed by atoms with E-state index >= 15 is 0 Å². The van der Waals surface area contributed by atoms with E-state index in [1.807, 2.05) is 0 Å². The molecule has 2 heterocycles. The summed E-state index contributed by atoms with van der Waals surface area (Å²) in [5, 5.41) is 0. The molecule has 0 saturated carbocycles. The maximum Gasteiger partial charge on any atom is 0.351 e. The van der Waals surface area contributed by atoms with Gasteiger partial charge in [-0.2, -0.15) is 4.98 Å². The predicted octanol–water partition coefficient (Wildman–Crippen LogP) is 0.641. The van der Waals surface area contributed by atoms with Crippen LogP contribution in [0.15, 0.2) is 17.1 Å². The number of rotatable bonds is 3. The van der Waals surface area contributed by atoms with Gasteiger partial charge in [-0.25, -0.2) is 13.6 Å². The summed E-state index contributed by atoms with van der Waals surface area (Å²) in [5.74, 6) is -4.28. The van der Waals surface area contributed by atoms with Crippen molar-refractivity contribution in [3.8, 4) is 0 Å². The molecule has 8 heteroatoms. The van der Waals surface area contributed by atoms with E-state index in [0.29, 0.717) is 0 Å². The molecule has 0 amide bonds. The monoisotopic (exact) mass is 275 g/mol. The van der Waals surface area contributed by atoms with Crippen LogP contribution in [0.3, 0.4) is 0 Å². The summed E-state index contributed by atoms with van der Waals surface area (Å²) < 4.78 is 39.1. The van der Waals surface area contributed by atoms with Gasteiger partial charge in [-0.05, 0) is 6.07 Å². The van der Waals surface area contributed by atoms with Crippen LogP contribution in [0.25, 0.3) is 0 Å². The first-order chi connectivity index (χ1) is 8.87. The molecule has 1 unspecified atom stereocenters. The Bertz CT molecular complexity index is 520. The van der Waals surface area contributed by atoms with Crippen molar-refractivity contribution >= 4 is 5.82 Å². The number of ether oxygens (including phenoxy) is 2. The molecule has 3 atom stereocenters. The molecule has 6 nitrogen and oxygen atoms in total. The van der Waals surface area contributed by atoms with Crippen molar-refractivity contribution in [1.29, 1.82) is 0 Å². The lowest BCUT2D eigenvalue weighted by Gasteiger charge is -2.21. The fraction of sp³-hybridized carbons (Fsp3) is 0.636. The van der Waals surface area contributed by atoms with Gasteiger partial charge in [0.05, 0.1) is 18.6 Å². The van der Waals surface area contributed by atoms with Gasteiger partial charge in [-0.3, -0.25) is 4.57 Å². The highest BCUT2D eigenvalue weighted by atomic mass is 19.3. The molecule has 0 aromatic carbocycles. The first-order valence-corrected chi connectivity index (χ1v) is 5.74. The van der Waals surface area contributed by atoms with E-state index in [1.54, 1.807) is 0 Å². The number of nitrogens with two attached hydrogens (primary N) is 1. The Balaban J connectivity index is 2.36. The van der Waals surface area contributed by atoms with Crippen LogP contribution in [-0.4, -0.2) is 35.3 Å². The minimum Gasteiger partial charge on any atom is -0.383 e. The van der Waals surface area contributed by atoms with E-state index in [1.165, 1.54) is 20.1 Å². The number of halogens is 2. The Hall–Kier alpha value is -1.54. The quantitative estimate of drug-likeness (QED) is 0.875. The molecular weight excluding hydrogens is 260 g/mol. The molecular formula is C11H15F2N3O3. The lowest BCUT2D eigenvalue weighted by atomic mass is 10.00. The van der Waals surface area contributed by atoms with Crippen molar-refractivity contribution in [2.45, 2.75) is 25.2 Å². The standard InChI is InChI=1S/C11H15F2N3O3/c1-6-7(5-18-2)19-9(11(6,12)13)16-4-3-8(14)15-10(16)17/h3-4,6-7,9H,5H2,1-2H3,(H2,14,15,17)/t6?,7-,9-/m1/s1. The zero-order valence-corrected chi connectivity index (χ0v) is 10.5. The molecule has 1 fully saturated rings. The fourth-order valence-electron chi connectivity index (χ4n) is 2.05. The van der Waals surface area contributed by atoms with Crippen LogP contribution < -0.4 is 11.4 Å². The van der Waals surface area contributed by atoms with E-state index in [2.05, 4.69) is 4.98 Å². The van der Waals surface area contributed by atoms with Gasteiger partial charge in [-0.1, -0.05) is 6.92 Å². The molecule has 1 aromatic heterocycles. The van der Waals surface area contributed by atoms with Gasteiger partial charge in [0, 0.05) is 13.3 Å². The summed E-state index contributed by atoms with van der Waals surface area (Å²) in [4.78, 5) is 15.0. The normalized spacial score (nSPS) is 29.6. The van der Waals surface area contributed by atoms with Crippen molar-refractivity contribution in [3.63, 3.8) is 0 Å². The number of anilines is 1. The molecule has 1 aliphatic heterocycles. The maximum atomic E-state index is 14.1. The van der Waals surface area contributed by atoms with Crippen LogP contribution in [0.5, 0.6) is 0 Å². The Labute approximate surface area is 108 Å². The van der Waals surface area contributed by atoms with Gasteiger partial charge in [0.1, 0.15) is 5.82 Å². The molecule has 0 bridgehead atoms. The van der Waals surface area contributed by atoms with Crippen LogP contribution >= 0.6 is 0 Å². The summed E-state index contributed by atoms with van der Waals surface area (Å²) >= 11 is 0. The SMILES string of the molecule is COC[C@H]1O[C@@H](n2ccc(N)nc2=O)C(F)(F)C1C. The zero-order chi connectivity index (χ0) is 14.2. The topological polar surface area (TPSA) is 79.4 Å². The van der Waals surface area contributed by atoms with Crippen molar-refractivity contribution in [3.05, 3.63) is 22.7 Å². The van der Waals surface area contributed by atoms with E-state index < -0.39 is 29.9 Å². The second-order valence-electron chi connectivity index (χ2n) is 4.49. The molecule has 1 saturated heterocycles. The third kappa shape index (κ3) is 2.33. The van der Waals surface area contributed by atoms with Crippen molar-refractivity contribution in [2.24, 2.45) is 5.92 Å². The molecule has 0 spiro atoms. The minimum absolute atomic E-state index is 0.0240. The third-order valence-corrected chi connectivity index (χ3v) is 3.23. The van der Waals surface area contributed by atoms with E-state index in [0.717, 1.165) is 10.8 Å². The highest BCUT2D eigenvalue weighted by molar-refractivity contribution is 5.23. The van der Waals surface area contributed by atoms with Gasteiger partial charge in [0.25, 0.3) is 5.92 Å². The molecule has 0 aliphatic carbocycles. The predicted molar refractivity (Wildman–Crippen MR) is 62.8 cm³/mol. The van der Waals surface area contributed by atoms with Crippen LogP contribution in [-0.2, 0) is 9.47 Å².